The number of aromatic nitrogens is 2. The molecule has 1 aromatic heterocycles. The summed E-state index contributed by atoms with van der Waals surface area (Å²) in [6.07, 6.45) is -0.152. The topological polar surface area (TPSA) is 179 Å². The van der Waals surface area contributed by atoms with Crippen LogP contribution in [0.1, 0.15) is 5.56 Å². The lowest BCUT2D eigenvalue weighted by molar-refractivity contribution is -0.383. The van der Waals surface area contributed by atoms with Gasteiger partial charge in [0.25, 0.3) is 10.0 Å². The van der Waals surface area contributed by atoms with E-state index < -0.39 is 26.7 Å². The summed E-state index contributed by atoms with van der Waals surface area (Å²) in [4.78, 5) is 28.9. The highest BCUT2D eigenvalue weighted by molar-refractivity contribution is 7.90. The van der Waals surface area contributed by atoms with Gasteiger partial charge in [-0.05, 0) is 19.1 Å². The molecule has 0 aliphatic carbocycles. The number of nitrogens with two attached hydrogens (primary N) is 1. The molecule has 1 aromatic carbocycles. The van der Waals surface area contributed by atoms with Crippen LogP contribution in [0.5, 0.6) is 0 Å². The highest BCUT2D eigenvalue weighted by atomic mass is 32.2. The zero-order valence-electron chi connectivity index (χ0n) is 14.1. The number of nitrogens with one attached hydrogen (secondary N) is 2. The minimum atomic E-state index is -4.06. The molecule has 0 aliphatic heterocycles. The molecule has 12 nitrogen and oxygen atoms in total. The summed E-state index contributed by atoms with van der Waals surface area (Å²) in [6, 6.07) is 5.88. The number of nitrogen functional groups attached to an aromatic ring is 1. The van der Waals surface area contributed by atoms with Crippen molar-refractivity contribution in [1.29, 1.82) is 0 Å². The van der Waals surface area contributed by atoms with Crippen LogP contribution in [-0.2, 0) is 14.8 Å². The minimum Gasteiger partial charge on any atom is -0.447 e. The molecule has 0 fully saturated rings. The van der Waals surface area contributed by atoms with Gasteiger partial charge >= 0.3 is 11.8 Å². The van der Waals surface area contributed by atoms with E-state index in [1.807, 2.05) is 0 Å². The Balaban J connectivity index is 1.87. The summed E-state index contributed by atoms with van der Waals surface area (Å²) in [5.74, 6) is -0.468. The first-order valence-electron chi connectivity index (χ1n) is 7.45. The first kappa shape index (κ1) is 19.8. The zero-order chi connectivity index (χ0) is 20.0. The number of nitrogens with zero attached hydrogens (tertiary/aromatic N) is 3. The van der Waals surface area contributed by atoms with Crippen molar-refractivity contribution < 1.29 is 22.9 Å². The number of hydrogen-bond acceptors (Lipinski definition) is 10. The van der Waals surface area contributed by atoms with Gasteiger partial charge in [0, 0.05) is 0 Å². The Labute approximate surface area is 154 Å². The Morgan fingerprint density at radius 3 is 2.59 bits per heavy atom. The summed E-state index contributed by atoms with van der Waals surface area (Å²) in [6.45, 7) is 1.44. The Morgan fingerprint density at radius 2 is 1.96 bits per heavy atom. The van der Waals surface area contributed by atoms with Gasteiger partial charge in [-0.1, -0.05) is 17.7 Å². The fourth-order valence-corrected chi connectivity index (χ4v) is 2.82. The quantitative estimate of drug-likeness (QED) is 0.344. The first-order valence-corrected chi connectivity index (χ1v) is 8.94. The van der Waals surface area contributed by atoms with Crippen LogP contribution in [0.3, 0.4) is 0 Å². The molecule has 4 N–H and O–H groups in total. The summed E-state index contributed by atoms with van der Waals surface area (Å²) in [7, 11) is -4.06. The van der Waals surface area contributed by atoms with Crippen LogP contribution < -0.4 is 15.8 Å². The number of sulfonamides is 1. The zero-order valence-corrected chi connectivity index (χ0v) is 14.9. The van der Waals surface area contributed by atoms with Gasteiger partial charge in [0.1, 0.15) is 12.9 Å². The third-order valence-electron chi connectivity index (χ3n) is 3.21. The van der Waals surface area contributed by atoms with E-state index in [4.69, 9.17) is 10.5 Å². The molecular weight excluding hydrogens is 380 g/mol. The second-order valence-corrected chi connectivity index (χ2v) is 6.88. The number of ether oxygens (including phenoxy) is 1. The smallest absolute Gasteiger partial charge is 0.421 e. The third kappa shape index (κ3) is 5.24. The number of aryl methyl sites for hydroxylation is 1. The number of hydrogen-bond donors (Lipinski definition) is 3. The van der Waals surface area contributed by atoms with Crippen molar-refractivity contribution in [2.45, 2.75) is 11.8 Å². The molecular formula is C14H16N6O6S. The summed E-state index contributed by atoms with van der Waals surface area (Å²) in [5, 5.41) is 13.5. The van der Waals surface area contributed by atoms with Gasteiger partial charge in [-0.3, -0.25) is 10.1 Å². The Bertz CT molecular complexity index is 947. The predicted octanol–water partition coefficient (Wildman–Crippen LogP) is 0.802. The number of rotatable bonds is 7. The van der Waals surface area contributed by atoms with Gasteiger partial charge in [-0.25, -0.2) is 27.9 Å². The SMILES string of the molecule is Cc1ccc(S(=O)(=O)NC(=O)OCCNc2ncnc(N)c2[N+](=O)[O-])cc1. The van der Waals surface area contributed by atoms with E-state index in [-0.39, 0.29) is 29.7 Å². The van der Waals surface area contributed by atoms with Crippen molar-refractivity contribution in [3.63, 3.8) is 0 Å². The molecule has 0 saturated carbocycles. The van der Waals surface area contributed by atoms with E-state index in [1.165, 1.54) is 12.1 Å². The van der Waals surface area contributed by atoms with Crippen LogP contribution in [0.15, 0.2) is 35.5 Å². The number of anilines is 2. The lowest BCUT2D eigenvalue weighted by atomic mass is 10.2. The number of nitro groups is 1. The molecule has 1 amide bonds. The molecule has 1 heterocycles. The Kier molecular flexibility index (Phi) is 6.07. The second kappa shape index (κ2) is 8.27. The summed E-state index contributed by atoms with van der Waals surface area (Å²) in [5.41, 5.74) is 5.77. The van der Waals surface area contributed by atoms with Gasteiger partial charge < -0.3 is 15.8 Å². The molecule has 0 atom stereocenters. The van der Waals surface area contributed by atoms with Crippen molar-refractivity contribution in [2.24, 2.45) is 0 Å². The van der Waals surface area contributed by atoms with Crippen LogP contribution in [0.2, 0.25) is 0 Å². The molecule has 27 heavy (non-hydrogen) atoms. The molecule has 144 valence electrons. The normalized spacial score (nSPS) is 10.9. The van der Waals surface area contributed by atoms with Gasteiger partial charge in [0.2, 0.25) is 11.6 Å². The highest BCUT2D eigenvalue weighted by Gasteiger charge is 2.21. The molecule has 0 radical (unpaired) electrons. The molecule has 0 spiro atoms. The molecule has 2 aromatic rings. The van der Waals surface area contributed by atoms with E-state index in [0.717, 1.165) is 11.9 Å². The van der Waals surface area contributed by atoms with E-state index in [1.54, 1.807) is 23.8 Å². The van der Waals surface area contributed by atoms with Crippen molar-refractivity contribution in [3.8, 4) is 0 Å². The van der Waals surface area contributed by atoms with Crippen molar-refractivity contribution >= 4 is 33.4 Å². The van der Waals surface area contributed by atoms with Crippen LogP contribution in [0.25, 0.3) is 0 Å². The number of carbonyl (C=O) groups excluding carboxylic acids is 1. The average molecular weight is 396 g/mol. The number of benzene rings is 1. The number of amides is 1. The number of carbonyl (C=O) groups is 1. The van der Waals surface area contributed by atoms with Gasteiger partial charge in [0.05, 0.1) is 16.4 Å². The van der Waals surface area contributed by atoms with Crippen molar-refractivity contribution in [3.05, 3.63) is 46.3 Å². The summed E-state index contributed by atoms with van der Waals surface area (Å²) < 4.78 is 30.6. The van der Waals surface area contributed by atoms with Crippen molar-refractivity contribution in [2.75, 3.05) is 24.2 Å². The fourth-order valence-electron chi connectivity index (χ4n) is 1.93. The first-order chi connectivity index (χ1) is 12.7. The van der Waals surface area contributed by atoms with E-state index >= 15 is 0 Å². The monoisotopic (exact) mass is 396 g/mol. The largest absolute Gasteiger partial charge is 0.447 e. The Morgan fingerprint density at radius 1 is 1.30 bits per heavy atom. The van der Waals surface area contributed by atoms with Crippen LogP contribution in [0.4, 0.5) is 22.1 Å². The molecule has 13 heteroatoms. The molecule has 2 rings (SSSR count). The van der Waals surface area contributed by atoms with E-state index in [0.29, 0.717) is 0 Å². The average Bonchev–Trinajstić information content (AvgIpc) is 2.58. The van der Waals surface area contributed by atoms with E-state index in [9.17, 15) is 23.3 Å². The van der Waals surface area contributed by atoms with Crippen LogP contribution in [0, 0.1) is 17.0 Å². The standard InChI is InChI=1S/C14H16N6O6S/c1-9-2-4-10(5-3-9)27(24,25)19-14(21)26-7-6-16-13-11(20(22)23)12(15)17-8-18-13/h2-5,8H,6-7H2,1H3,(H,19,21)(H3,15,16,17,18). The lowest BCUT2D eigenvalue weighted by Gasteiger charge is -2.09. The lowest BCUT2D eigenvalue weighted by Crippen LogP contribution is -2.32. The maximum atomic E-state index is 12.0. The molecule has 0 unspecified atom stereocenters. The van der Waals surface area contributed by atoms with Gasteiger partial charge in [-0.15, -0.1) is 0 Å². The summed E-state index contributed by atoms with van der Waals surface area (Å²) >= 11 is 0. The van der Waals surface area contributed by atoms with Crippen LogP contribution >= 0.6 is 0 Å². The minimum absolute atomic E-state index is 0.0741. The second-order valence-electron chi connectivity index (χ2n) is 5.19. The highest BCUT2D eigenvalue weighted by Crippen LogP contribution is 2.25. The van der Waals surface area contributed by atoms with Crippen LogP contribution in [-0.4, -0.2) is 42.6 Å². The maximum absolute atomic E-state index is 12.0. The fraction of sp³-hybridized carbons (Fsp3) is 0.214. The van der Waals surface area contributed by atoms with Gasteiger partial charge in [0.15, 0.2) is 0 Å². The Hall–Kier alpha value is -3.48. The molecule has 0 saturated heterocycles. The van der Waals surface area contributed by atoms with Crippen molar-refractivity contribution in [1.82, 2.24) is 14.7 Å². The molecule has 0 aliphatic rings. The maximum Gasteiger partial charge on any atom is 0.421 e. The predicted molar refractivity (Wildman–Crippen MR) is 94.4 cm³/mol. The molecule has 0 bridgehead atoms. The van der Waals surface area contributed by atoms with Gasteiger partial charge in [-0.2, -0.15) is 0 Å². The van der Waals surface area contributed by atoms with E-state index in [2.05, 4.69) is 15.3 Å². The third-order valence-corrected chi connectivity index (χ3v) is 4.54.